The molecule has 1 aliphatic rings. The van der Waals surface area contributed by atoms with E-state index in [0.29, 0.717) is 19.2 Å². The van der Waals surface area contributed by atoms with Crippen LogP contribution in [0.1, 0.15) is 13.8 Å². The largest absolute Gasteiger partial charge is 0.497 e. The number of benzene rings is 1. The Morgan fingerprint density at radius 2 is 1.88 bits per heavy atom. The van der Waals surface area contributed by atoms with Crippen molar-refractivity contribution < 1.29 is 14.2 Å². The van der Waals surface area contributed by atoms with Crippen molar-refractivity contribution in [2.75, 3.05) is 59.7 Å². The van der Waals surface area contributed by atoms with Gasteiger partial charge in [0.15, 0.2) is 5.96 Å². The van der Waals surface area contributed by atoms with Gasteiger partial charge >= 0.3 is 0 Å². The fourth-order valence-corrected chi connectivity index (χ4v) is 2.71. The van der Waals surface area contributed by atoms with Crippen molar-refractivity contribution in [2.45, 2.75) is 19.9 Å². The van der Waals surface area contributed by atoms with Crippen LogP contribution >= 0.6 is 0 Å². The Morgan fingerprint density at radius 3 is 2.54 bits per heavy atom. The standard InChI is InChI=1S/C19H32N4O3/c1-4-20-19(22-15-16(2)23-10-13-25-14-11-23)21-9-12-26-18-7-5-17(24-3)6-8-18/h5-8,16H,4,9-15H2,1-3H3,(H2,20,21,22). The molecule has 1 fully saturated rings. The molecule has 1 atom stereocenters. The number of morpholine rings is 1. The fourth-order valence-electron chi connectivity index (χ4n) is 2.71. The third-order valence-corrected chi connectivity index (χ3v) is 4.25. The number of aliphatic imine (C=N–C) groups is 1. The molecule has 26 heavy (non-hydrogen) atoms. The molecule has 7 heteroatoms. The molecular formula is C19H32N4O3. The van der Waals surface area contributed by atoms with Crippen LogP contribution in [0.15, 0.2) is 29.3 Å². The lowest BCUT2D eigenvalue weighted by molar-refractivity contribution is 0.0220. The topological polar surface area (TPSA) is 67.4 Å². The van der Waals surface area contributed by atoms with Crippen molar-refractivity contribution >= 4 is 5.96 Å². The van der Waals surface area contributed by atoms with Gasteiger partial charge in [0.1, 0.15) is 18.1 Å². The average Bonchev–Trinajstić information content (AvgIpc) is 2.70. The molecule has 0 aliphatic carbocycles. The maximum Gasteiger partial charge on any atom is 0.191 e. The lowest BCUT2D eigenvalue weighted by Gasteiger charge is -2.31. The molecule has 1 unspecified atom stereocenters. The second kappa shape index (κ2) is 11.6. The number of ether oxygens (including phenoxy) is 3. The lowest BCUT2D eigenvalue weighted by atomic mass is 10.2. The van der Waals surface area contributed by atoms with Crippen molar-refractivity contribution in [3.05, 3.63) is 24.3 Å². The highest BCUT2D eigenvalue weighted by atomic mass is 16.5. The molecule has 0 bridgehead atoms. The predicted octanol–water partition coefficient (Wildman–Crippen LogP) is 1.35. The van der Waals surface area contributed by atoms with Crippen molar-refractivity contribution in [2.24, 2.45) is 4.99 Å². The number of nitrogens with one attached hydrogen (secondary N) is 2. The first-order valence-corrected chi connectivity index (χ1v) is 9.33. The van der Waals surface area contributed by atoms with E-state index in [4.69, 9.17) is 19.2 Å². The number of nitrogens with zero attached hydrogens (tertiary/aromatic N) is 2. The third-order valence-electron chi connectivity index (χ3n) is 4.25. The van der Waals surface area contributed by atoms with Gasteiger partial charge in [-0.25, -0.2) is 0 Å². The van der Waals surface area contributed by atoms with Crippen LogP contribution in [0.3, 0.4) is 0 Å². The summed E-state index contributed by atoms with van der Waals surface area (Å²) in [6, 6.07) is 8.00. The number of hydrogen-bond donors (Lipinski definition) is 2. The van der Waals surface area contributed by atoms with Crippen molar-refractivity contribution in [3.8, 4) is 11.5 Å². The summed E-state index contributed by atoms with van der Waals surface area (Å²) >= 11 is 0. The zero-order valence-corrected chi connectivity index (χ0v) is 16.2. The second-order valence-corrected chi connectivity index (χ2v) is 6.17. The summed E-state index contributed by atoms with van der Waals surface area (Å²) in [6.45, 7) is 10.7. The van der Waals surface area contributed by atoms with E-state index in [1.807, 2.05) is 24.3 Å². The Kier molecular flexibility index (Phi) is 9.06. The maximum atomic E-state index is 5.73. The van der Waals surface area contributed by atoms with Gasteiger partial charge in [0.05, 0.1) is 33.4 Å². The SMILES string of the molecule is CCNC(=NCC(C)N1CCOCC1)NCCOc1ccc(OC)cc1. The summed E-state index contributed by atoms with van der Waals surface area (Å²) < 4.78 is 16.3. The number of guanidine groups is 1. The highest BCUT2D eigenvalue weighted by Gasteiger charge is 2.16. The molecule has 0 amide bonds. The minimum absolute atomic E-state index is 0.407. The van der Waals surface area contributed by atoms with Crippen molar-refractivity contribution in [1.82, 2.24) is 15.5 Å². The molecule has 1 heterocycles. The molecule has 1 aromatic carbocycles. The van der Waals surface area contributed by atoms with Gasteiger partial charge in [-0.2, -0.15) is 0 Å². The van der Waals surface area contributed by atoms with Crippen molar-refractivity contribution in [3.63, 3.8) is 0 Å². The van der Waals surface area contributed by atoms with E-state index in [1.165, 1.54) is 0 Å². The summed E-state index contributed by atoms with van der Waals surface area (Å²) in [6.07, 6.45) is 0. The van der Waals surface area contributed by atoms with E-state index in [-0.39, 0.29) is 0 Å². The zero-order valence-electron chi connectivity index (χ0n) is 16.2. The Bertz CT molecular complexity index is 530. The normalized spacial score (nSPS) is 16.8. The van der Waals surface area contributed by atoms with Gasteiger partial charge in [0.2, 0.25) is 0 Å². The molecule has 1 saturated heterocycles. The van der Waals surface area contributed by atoms with Gasteiger partial charge in [-0.15, -0.1) is 0 Å². The van der Waals surface area contributed by atoms with E-state index >= 15 is 0 Å². The summed E-state index contributed by atoms with van der Waals surface area (Å²) in [5, 5.41) is 6.60. The monoisotopic (exact) mass is 364 g/mol. The lowest BCUT2D eigenvalue weighted by Crippen LogP contribution is -2.44. The van der Waals surface area contributed by atoms with Crippen LogP contribution in [-0.2, 0) is 4.74 Å². The van der Waals surface area contributed by atoms with Crippen LogP contribution in [0.2, 0.25) is 0 Å². The van der Waals surface area contributed by atoms with E-state index in [9.17, 15) is 0 Å². The first-order valence-electron chi connectivity index (χ1n) is 9.33. The summed E-state index contributed by atoms with van der Waals surface area (Å²) in [7, 11) is 1.65. The van der Waals surface area contributed by atoms with E-state index in [1.54, 1.807) is 7.11 Å². The molecule has 146 valence electrons. The molecule has 1 aromatic rings. The number of rotatable bonds is 9. The van der Waals surface area contributed by atoms with Gasteiger partial charge in [0, 0.05) is 25.7 Å². The smallest absolute Gasteiger partial charge is 0.191 e. The molecule has 2 N–H and O–H groups in total. The molecule has 0 saturated carbocycles. The van der Waals surface area contributed by atoms with Crippen LogP contribution in [0, 0.1) is 0 Å². The maximum absolute atomic E-state index is 5.73. The van der Waals surface area contributed by atoms with Crippen LogP contribution in [-0.4, -0.2) is 76.6 Å². The average molecular weight is 364 g/mol. The molecule has 1 aliphatic heterocycles. The van der Waals surface area contributed by atoms with Crippen molar-refractivity contribution in [1.29, 1.82) is 0 Å². The fraction of sp³-hybridized carbons (Fsp3) is 0.632. The first-order chi connectivity index (χ1) is 12.7. The quantitative estimate of drug-likeness (QED) is 0.392. The van der Waals surface area contributed by atoms with Gasteiger partial charge in [-0.05, 0) is 38.1 Å². The molecule has 7 nitrogen and oxygen atoms in total. The molecule has 0 spiro atoms. The predicted molar refractivity (Wildman–Crippen MR) is 104 cm³/mol. The molecule has 0 aromatic heterocycles. The second-order valence-electron chi connectivity index (χ2n) is 6.17. The number of methoxy groups -OCH3 is 1. The van der Waals surface area contributed by atoms with Gasteiger partial charge in [0.25, 0.3) is 0 Å². The van der Waals surface area contributed by atoms with Crippen LogP contribution in [0.25, 0.3) is 0 Å². The van der Waals surface area contributed by atoms with Crippen LogP contribution < -0.4 is 20.1 Å². The summed E-state index contributed by atoms with van der Waals surface area (Å²) in [5.41, 5.74) is 0. The minimum atomic E-state index is 0.407. The molecule has 2 rings (SSSR count). The summed E-state index contributed by atoms with van der Waals surface area (Å²) in [4.78, 5) is 7.12. The zero-order chi connectivity index (χ0) is 18.6. The molecule has 0 radical (unpaired) electrons. The Hall–Kier alpha value is -1.99. The highest BCUT2D eigenvalue weighted by molar-refractivity contribution is 5.79. The Morgan fingerprint density at radius 1 is 1.19 bits per heavy atom. The van der Waals surface area contributed by atoms with Gasteiger partial charge < -0.3 is 24.8 Å². The van der Waals surface area contributed by atoms with Gasteiger partial charge in [-0.1, -0.05) is 0 Å². The summed E-state index contributed by atoms with van der Waals surface area (Å²) in [5.74, 6) is 2.48. The van der Waals surface area contributed by atoms with Gasteiger partial charge in [-0.3, -0.25) is 9.89 Å². The molecular weight excluding hydrogens is 332 g/mol. The number of hydrogen-bond acceptors (Lipinski definition) is 5. The van der Waals surface area contributed by atoms with E-state index < -0.39 is 0 Å². The highest BCUT2D eigenvalue weighted by Crippen LogP contribution is 2.16. The Balaban J connectivity index is 1.71. The Labute approximate surface area is 156 Å². The van der Waals surface area contributed by atoms with E-state index in [0.717, 1.165) is 56.9 Å². The van der Waals surface area contributed by atoms with Crippen LogP contribution in [0.4, 0.5) is 0 Å². The third kappa shape index (κ3) is 7.09. The van der Waals surface area contributed by atoms with E-state index in [2.05, 4.69) is 29.4 Å². The first kappa shape index (κ1) is 20.3. The van der Waals surface area contributed by atoms with Crippen LogP contribution in [0.5, 0.6) is 11.5 Å². The minimum Gasteiger partial charge on any atom is -0.497 e.